The minimum Gasteiger partial charge on any atom is -0.366 e. The Kier molecular flexibility index (Phi) is 3.70. The third kappa shape index (κ3) is 3.11. The number of hydrogen-bond acceptors (Lipinski definition) is 5. The van der Waals surface area contributed by atoms with Crippen LogP contribution in [0.3, 0.4) is 0 Å². The Hall–Kier alpha value is -2.21. The number of nitrogens with zero attached hydrogens (tertiary/aromatic N) is 3. The Balaban J connectivity index is 1.81. The fourth-order valence-corrected chi connectivity index (χ4v) is 2.80. The van der Waals surface area contributed by atoms with E-state index in [4.69, 9.17) is 0 Å². The van der Waals surface area contributed by atoms with Crippen molar-refractivity contribution in [3.8, 4) is 0 Å². The summed E-state index contributed by atoms with van der Waals surface area (Å²) in [6.07, 6.45) is 2.33. The van der Waals surface area contributed by atoms with Crippen molar-refractivity contribution in [1.29, 1.82) is 0 Å². The molecule has 1 aromatic heterocycles. The molecule has 21 heavy (non-hydrogen) atoms. The van der Waals surface area contributed by atoms with Crippen molar-refractivity contribution in [2.24, 2.45) is 0 Å². The van der Waals surface area contributed by atoms with Gasteiger partial charge in [-0.15, -0.1) is 0 Å². The van der Waals surface area contributed by atoms with Gasteiger partial charge in [-0.1, -0.05) is 0 Å². The minimum atomic E-state index is -0.385. The Morgan fingerprint density at radius 1 is 1.38 bits per heavy atom. The summed E-state index contributed by atoms with van der Waals surface area (Å²) in [6, 6.07) is 8.93. The van der Waals surface area contributed by atoms with Crippen LogP contribution in [0.15, 0.2) is 30.3 Å². The first-order valence-electron chi connectivity index (χ1n) is 7.12. The normalized spacial score (nSPS) is 19.6. The minimum absolute atomic E-state index is 0.0962. The molecule has 1 saturated heterocycles. The Morgan fingerprint density at radius 2 is 2.24 bits per heavy atom. The number of nitro groups is 1. The maximum Gasteiger partial charge on any atom is 0.270 e. The summed E-state index contributed by atoms with van der Waals surface area (Å²) in [5.74, 6) is 0.830. The van der Waals surface area contributed by atoms with Crippen LogP contribution >= 0.6 is 0 Å². The highest BCUT2D eigenvalue weighted by Gasteiger charge is 2.17. The van der Waals surface area contributed by atoms with Crippen molar-refractivity contribution in [3.63, 3.8) is 0 Å². The quantitative estimate of drug-likeness (QED) is 0.693. The first-order valence-corrected chi connectivity index (χ1v) is 7.12. The number of non-ortho nitro benzene ring substituents is 1. The summed E-state index contributed by atoms with van der Waals surface area (Å²) in [7, 11) is 2.13. The fraction of sp³-hybridized carbons (Fsp3) is 0.400. The summed E-state index contributed by atoms with van der Waals surface area (Å²) in [5, 5.41) is 15.0. The van der Waals surface area contributed by atoms with Gasteiger partial charge in [0.05, 0.1) is 10.4 Å². The number of likely N-dealkylation sites (tertiary alicyclic amines) is 1. The van der Waals surface area contributed by atoms with Gasteiger partial charge in [0.1, 0.15) is 5.82 Å². The molecule has 110 valence electrons. The molecule has 1 atom stereocenters. The molecule has 1 fully saturated rings. The molecule has 0 saturated carbocycles. The number of likely N-dealkylation sites (N-methyl/N-ethyl adjacent to an activating group) is 1. The van der Waals surface area contributed by atoms with Gasteiger partial charge in [0.25, 0.3) is 5.69 Å². The van der Waals surface area contributed by atoms with Crippen LogP contribution in [0.25, 0.3) is 10.9 Å². The maximum absolute atomic E-state index is 10.8. The van der Waals surface area contributed by atoms with Crippen LogP contribution in [0.5, 0.6) is 0 Å². The van der Waals surface area contributed by atoms with E-state index in [0.29, 0.717) is 6.04 Å². The second-order valence-electron chi connectivity index (χ2n) is 5.58. The molecule has 2 aromatic rings. The molecule has 0 amide bonds. The molecule has 0 spiro atoms. The molecule has 1 unspecified atom stereocenters. The topological polar surface area (TPSA) is 71.3 Å². The predicted octanol–water partition coefficient (Wildman–Crippen LogP) is 2.65. The second kappa shape index (κ2) is 5.65. The van der Waals surface area contributed by atoms with Gasteiger partial charge in [-0.3, -0.25) is 10.1 Å². The highest BCUT2D eigenvalue weighted by molar-refractivity contribution is 5.82. The van der Waals surface area contributed by atoms with Crippen molar-refractivity contribution >= 4 is 22.4 Å². The smallest absolute Gasteiger partial charge is 0.270 e. The molecular weight excluding hydrogens is 268 g/mol. The van der Waals surface area contributed by atoms with E-state index < -0.39 is 0 Å². The lowest BCUT2D eigenvalue weighted by Crippen LogP contribution is -2.39. The van der Waals surface area contributed by atoms with E-state index >= 15 is 0 Å². The van der Waals surface area contributed by atoms with Gasteiger partial charge < -0.3 is 10.2 Å². The van der Waals surface area contributed by atoms with E-state index in [-0.39, 0.29) is 10.6 Å². The summed E-state index contributed by atoms with van der Waals surface area (Å²) >= 11 is 0. The van der Waals surface area contributed by atoms with Crippen LogP contribution in [0.1, 0.15) is 12.8 Å². The molecule has 0 radical (unpaired) electrons. The van der Waals surface area contributed by atoms with Crippen LogP contribution < -0.4 is 5.32 Å². The number of aromatic nitrogens is 1. The standard InChI is InChI=1S/C15H18N4O2/c1-18-8-2-3-12(10-18)16-15-7-4-11-9-13(19(20)21)5-6-14(11)17-15/h4-7,9,12H,2-3,8,10H2,1H3,(H,16,17). The zero-order valence-electron chi connectivity index (χ0n) is 12.0. The van der Waals surface area contributed by atoms with Crippen LogP contribution in [0.4, 0.5) is 11.5 Å². The average molecular weight is 286 g/mol. The number of rotatable bonds is 3. The first kappa shape index (κ1) is 13.8. The predicted molar refractivity (Wildman–Crippen MR) is 82.5 cm³/mol. The summed E-state index contributed by atoms with van der Waals surface area (Å²) in [6.45, 7) is 2.16. The maximum atomic E-state index is 10.8. The summed E-state index contributed by atoms with van der Waals surface area (Å²) in [4.78, 5) is 17.2. The number of anilines is 1. The van der Waals surface area contributed by atoms with Crippen LogP contribution in [0, 0.1) is 10.1 Å². The first-order chi connectivity index (χ1) is 10.1. The zero-order valence-corrected chi connectivity index (χ0v) is 12.0. The number of hydrogen-bond donors (Lipinski definition) is 1. The van der Waals surface area contributed by atoms with Gasteiger partial charge >= 0.3 is 0 Å². The van der Waals surface area contributed by atoms with Crippen molar-refractivity contribution in [2.75, 3.05) is 25.5 Å². The van der Waals surface area contributed by atoms with Crippen molar-refractivity contribution in [3.05, 3.63) is 40.4 Å². The number of nitro benzene ring substituents is 1. The monoisotopic (exact) mass is 286 g/mol. The van der Waals surface area contributed by atoms with Gasteiger partial charge in [-0.25, -0.2) is 4.98 Å². The van der Waals surface area contributed by atoms with Gasteiger partial charge in [0.15, 0.2) is 0 Å². The molecule has 2 heterocycles. The van der Waals surface area contributed by atoms with E-state index in [1.165, 1.54) is 12.5 Å². The largest absolute Gasteiger partial charge is 0.366 e. The van der Waals surface area contributed by atoms with Gasteiger partial charge in [0.2, 0.25) is 0 Å². The molecule has 1 aliphatic heterocycles. The highest BCUT2D eigenvalue weighted by atomic mass is 16.6. The number of piperidine rings is 1. The Labute approximate surface area is 122 Å². The molecule has 0 aliphatic carbocycles. The zero-order chi connectivity index (χ0) is 14.8. The fourth-order valence-electron chi connectivity index (χ4n) is 2.80. The molecule has 1 aromatic carbocycles. The number of fused-ring (bicyclic) bond motifs is 1. The molecular formula is C15H18N4O2. The van der Waals surface area contributed by atoms with E-state index in [9.17, 15) is 10.1 Å². The van der Waals surface area contributed by atoms with Crippen molar-refractivity contribution in [1.82, 2.24) is 9.88 Å². The third-order valence-corrected chi connectivity index (χ3v) is 3.86. The lowest BCUT2D eigenvalue weighted by atomic mass is 10.1. The molecule has 3 rings (SSSR count). The molecule has 1 aliphatic rings. The van der Waals surface area contributed by atoms with Gasteiger partial charge in [-0.2, -0.15) is 0 Å². The van der Waals surface area contributed by atoms with E-state index in [1.807, 2.05) is 12.1 Å². The molecule has 6 nitrogen and oxygen atoms in total. The summed E-state index contributed by atoms with van der Waals surface area (Å²) < 4.78 is 0. The van der Waals surface area contributed by atoms with E-state index in [2.05, 4.69) is 22.2 Å². The van der Waals surface area contributed by atoms with Gasteiger partial charge in [0, 0.05) is 30.1 Å². The van der Waals surface area contributed by atoms with Crippen LogP contribution in [-0.2, 0) is 0 Å². The van der Waals surface area contributed by atoms with E-state index in [0.717, 1.165) is 36.2 Å². The lowest BCUT2D eigenvalue weighted by Gasteiger charge is -2.30. The summed E-state index contributed by atoms with van der Waals surface area (Å²) in [5.41, 5.74) is 0.869. The van der Waals surface area contributed by atoms with E-state index in [1.54, 1.807) is 12.1 Å². The number of pyridine rings is 1. The van der Waals surface area contributed by atoms with Crippen molar-refractivity contribution < 1.29 is 4.92 Å². The molecule has 1 N–H and O–H groups in total. The third-order valence-electron chi connectivity index (χ3n) is 3.86. The Bertz CT molecular complexity index is 674. The average Bonchev–Trinajstić information content (AvgIpc) is 2.46. The van der Waals surface area contributed by atoms with Crippen LogP contribution in [-0.4, -0.2) is 41.0 Å². The highest BCUT2D eigenvalue weighted by Crippen LogP contribution is 2.22. The van der Waals surface area contributed by atoms with Gasteiger partial charge in [-0.05, 0) is 44.6 Å². The number of benzene rings is 1. The molecule has 0 bridgehead atoms. The molecule has 6 heteroatoms. The SMILES string of the molecule is CN1CCCC(Nc2ccc3cc([N+](=O)[O-])ccc3n2)C1. The Morgan fingerprint density at radius 3 is 3.00 bits per heavy atom. The van der Waals surface area contributed by atoms with Crippen LogP contribution in [0.2, 0.25) is 0 Å². The number of nitrogens with one attached hydrogen (secondary N) is 1. The second-order valence-corrected chi connectivity index (χ2v) is 5.58. The van der Waals surface area contributed by atoms with Crippen molar-refractivity contribution in [2.45, 2.75) is 18.9 Å². The lowest BCUT2D eigenvalue weighted by molar-refractivity contribution is -0.384.